The molecule has 3 N–H and O–H groups in total. The van der Waals surface area contributed by atoms with E-state index in [-0.39, 0.29) is 21.9 Å². The zero-order valence-electron chi connectivity index (χ0n) is 10.9. The van der Waals surface area contributed by atoms with Crippen LogP contribution in [0.5, 0.6) is 5.75 Å². The standard InChI is InChI=1S/C14H9BrClFN2O3/c15-7-1-3-11(17)9(5-7)13(21)18-19-14(22)10-6-8(16)2-4-12(10)20/h1-6,20H,(H,18,21)(H,19,22). The van der Waals surface area contributed by atoms with E-state index in [9.17, 15) is 19.1 Å². The van der Waals surface area contributed by atoms with E-state index in [0.717, 1.165) is 6.07 Å². The monoisotopic (exact) mass is 386 g/mol. The Labute approximate surface area is 138 Å². The summed E-state index contributed by atoms with van der Waals surface area (Å²) in [6, 6.07) is 7.71. The van der Waals surface area contributed by atoms with Gasteiger partial charge in [-0.25, -0.2) is 4.39 Å². The van der Waals surface area contributed by atoms with E-state index in [1.54, 1.807) is 0 Å². The number of carbonyl (C=O) groups is 2. The number of halogens is 3. The minimum Gasteiger partial charge on any atom is -0.507 e. The molecule has 22 heavy (non-hydrogen) atoms. The molecule has 2 amide bonds. The van der Waals surface area contributed by atoms with Crippen LogP contribution < -0.4 is 10.9 Å². The van der Waals surface area contributed by atoms with Crippen LogP contribution in [0.25, 0.3) is 0 Å². The Morgan fingerprint density at radius 3 is 2.36 bits per heavy atom. The van der Waals surface area contributed by atoms with Crippen LogP contribution in [0.3, 0.4) is 0 Å². The molecule has 0 aliphatic heterocycles. The molecule has 2 rings (SSSR count). The highest BCUT2D eigenvalue weighted by Gasteiger charge is 2.15. The lowest BCUT2D eigenvalue weighted by Gasteiger charge is -2.09. The molecular formula is C14H9BrClFN2O3. The first-order valence-corrected chi connectivity index (χ1v) is 7.10. The highest BCUT2D eigenvalue weighted by atomic mass is 79.9. The van der Waals surface area contributed by atoms with Crippen molar-refractivity contribution in [2.24, 2.45) is 0 Å². The topological polar surface area (TPSA) is 78.4 Å². The molecule has 0 atom stereocenters. The van der Waals surface area contributed by atoms with Crippen LogP contribution >= 0.6 is 27.5 Å². The van der Waals surface area contributed by atoms with Crippen molar-refractivity contribution >= 4 is 39.3 Å². The Morgan fingerprint density at radius 1 is 1.05 bits per heavy atom. The Bertz CT molecular complexity index is 691. The van der Waals surface area contributed by atoms with Crippen LogP contribution in [0, 0.1) is 5.82 Å². The molecule has 2 aromatic carbocycles. The van der Waals surface area contributed by atoms with E-state index >= 15 is 0 Å². The van der Waals surface area contributed by atoms with Crippen LogP contribution in [0.15, 0.2) is 40.9 Å². The lowest BCUT2D eigenvalue weighted by molar-refractivity contribution is 0.0842. The second-order valence-corrected chi connectivity index (χ2v) is 5.55. The van der Waals surface area contributed by atoms with Crippen molar-refractivity contribution in [2.45, 2.75) is 0 Å². The van der Waals surface area contributed by atoms with E-state index in [1.165, 1.54) is 30.3 Å². The molecule has 0 aromatic heterocycles. The zero-order valence-corrected chi connectivity index (χ0v) is 13.2. The molecule has 0 radical (unpaired) electrons. The molecule has 0 aliphatic rings. The molecule has 0 heterocycles. The molecule has 0 unspecified atom stereocenters. The average molecular weight is 388 g/mol. The van der Waals surface area contributed by atoms with E-state index < -0.39 is 17.6 Å². The van der Waals surface area contributed by atoms with Crippen molar-refractivity contribution < 1.29 is 19.1 Å². The van der Waals surface area contributed by atoms with Gasteiger partial charge in [0.25, 0.3) is 11.8 Å². The first kappa shape index (κ1) is 16.3. The highest BCUT2D eigenvalue weighted by Crippen LogP contribution is 2.21. The van der Waals surface area contributed by atoms with Gasteiger partial charge in [0.15, 0.2) is 0 Å². The van der Waals surface area contributed by atoms with Crippen molar-refractivity contribution in [2.75, 3.05) is 0 Å². The predicted molar refractivity (Wildman–Crippen MR) is 82.1 cm³/mol. The van der Waals surface area contributed by atoms with Gasteiger partial charge in [-0.3, -0.25) is 20.4 Å². The minimum absolute atomic E-state index is 0.123. The van der Waals surface area contributed by atoms with Crippen LogP contribution in [0.1, 0.15) is 20.7 Å². The van der Waals surface area contributed by atoms with Crippen LogP contribution in [-0.4, -0.2) is 16.9 Å². The molecule has 114 valence electrons. The van der Waals surface area contributed by atoms with Gasteiger partial charge < -0.3 is 5.11 Å². The van der Waals surface area contributed by atoms with Crippen molar-refractivity contribution in [3.63, 3.8) is 0 Å². The number of benzene rings is 2. The van der Waals surface area contributed by atoms with Crippen LogP contribution in [-0.2, 0) is 0 Å². The zero-order chi connectivity index (χ0) is 16.3. The Hall–Kier alpha value is -2.12. The number of aromatic hydroxyl groups is 1. The SMILES string of the molecule is O=C(NNC(=O)c1cc(Br)ccc1F)c1cc(Cl)ccc1O. The van der Waals surface area contributed by atoms with Gasteiger partial charge in [-0.1, -0.05) is 27.5 Å². The second kappa shape index (κ2) is 6.76. The maximum absolute atomic E-state index is 13.5. The van der Waals surface area contributed by atoms with Gasteiger partial charge in [0.2, 0.25) is 0 Å². The number of hydrogen-bond donors (Lipinski definition) is 3. The fraction of sp³-hybridized carbons (Fsp3) is 0. The van der Waals surface area contributed by atoms with Gasteiger partial charge in [0.1, 0.15) is 11.6 Å². The number of phenols is 1. The van der Waals surface area contributed by atoms with E-state index in [2.05, 4.69) is 26.8 Å². The summed E-state index contributed by atoms with van der Waals surface area (Å²) in [6.07, 6.45) is 0. The quantitative estimate of drug-likeness (QED) is 0.693. The van der Waals surface area contributed by atoms with Crippen molar-refractivity contribution in [1.82, 2.24) is 10.9 Å². The van der Waals surface area contributed by atoms with E-state index in [0.29, 0.717) is 4.47 Å². The summed E-state index contributed by atoms with van der Waals surface area (Å²) in [5.74, 6) is -2.66. The molecular weight excluding hydrogens is 379 g/mol. The predicted octanol–water partition coefficient (Wildman–Crippen LogP) is 3.02. The lowest BCUT2D eigenvalue weighted by Crippen LogP contribution is -2.42. The molecule has 5 nitrogen and oxygen atoms in total. The molecule has 0 bridgehead atoms. The molecule has 0 fully saturated rings. The largest absolute Gasteiger partial charge is 0.507 e. The lowest BCUT2D eigenvalue weighted by atomic mass is 10.2. The number of phenolic OH excluding ortho intramolecular Hbond substituents is 1. The molecule has 0 spiro atoms. The highest BCUT2D eigenvalue weighted by molar-refractivity contribution is 9.10. The molecule has 0 aliphatic carbocycles. The number of carbonyl (C=O) groups excluding carboxylic acids is 2. The average Bonchev–Trinajstić information content (AvgIpc) is 2.49. The van der Waals surface area contributed by atoms with E-state index in [1.807, 2.05) is 0 Å². The van der Waals surface area contributed by atoms with Gasteiger partial charge in [0, 0.05) is 9.50 Å². The van der Waals surface area contributed by atoms with Crippen molar-refractivity contribution in [1.29, 1.82) is 0 Å². The normalized spacial score (nSPS) is 10.1. The molecule has 8 heteroatoms. The Kier molecular flexibility index (Phi) is 4.99. The molecule has 2 aromatic rings. The third kappa shape index (κ3) is 3.75. The fourth-order valence-electron chi connectivity index (χ4n) is 1.61. The van der Waals surface area contributed by atoms with Crippen molar-refractivity contribution in [3.8, 4) is 5.75 Å². The first-order chi connectivity index (χ1) is 10.4. The Balaban J connectivity index is 2.09. The third-order valence-electron chi connectivity index (χ3n) is 2.67. The summed E-state index contributed by atoms with van der Waals surface area (Å²) in [5.41, 5.74) is 3.76. The van der Waals surface area contributed by atoms with Crippen molar-refractivity contribution in [3.05, 3.63) is 62.8 Å². The van der Waals surface area contributed by atoms with Gasteiger partial charge in [0.05, 0.1) is 11.1 Å². The van der Waals surface area contributed by atoms with Crippen LogP contribution in [0.4, 0.5) is 4.39 Å². The number of hydrazine groups is 1. The summed E-state index contributed by atoms with van der Waals surface area (Å²) in [6.45, 7) is 0. The summed E-state index contributed by atoms with van der Waals surface area (Å²) < 4.78 is 14.0. The maximum atomic E-state index is 13.5. The molecule has 0 saturated carbocycles. The van der Waals surface area contributed by atoms with Gasteiger partial charge in [-0.05, 0) is 36.4 Å². The van der Waals surface area contributed by atoms with Gasteiger partial charge in [-0.2, -0.15) is 0 Å². The van der Waals surface area contributed by atoms with Gasteiger partial charge in [-0.15, -0.1) is 0 Å². The minimum atomic E-state index is -0.839. The summed E-state index contributed by atoms with van der Waals surface area (Å²) in [4.78, 5) is 23.7. The summed E-state index contributed by atoms with van der Waals surface area (Å²) >= 11 is 8.84. The number of hydrogen-bond acceptors (Lipinski definition) is 3. The van der Waals surface area contributed by atoms with Gasteiger partial charge >= 0.3 is 0 Å². The first-order valence-electron chi connectivity index (χ1n) is 5.92. The number of amides is 2. The maximum Gasteiger partial charge on any atom is 0.273 e. The van der Waals surface area contributed by atoms with Crippen LogP contribution in [0.2, 0.25) is 5.02 Å². The summed E-state index contributed by atoms with van der Waals surface area (Å²) in [7, 11) is 0. The third-order valence-corrected chi connectivity index (χ3v) is 3.39. The fourth-order valence-corrected chi connectivity index (χ4v) is 2.14. The number of rotatable bonds is 2. The number of nitrogens with one attached hydrogen (secondary N) is 2. The summed E-state index contributed by atoms with van der Waals surface area (Å²) in [5, 5.41) is 9.81. The second-order valence-electron chi connectivity index (χ2n) is 4.19. The van der Waals surface area contributed by atoms with E-state index in [4.69, 9.17) is 11.6 Å². The Morgan fingerprint density at radius 2 is 1.68 bits per heavy atom. The smallest absolute Gasteiger partial charge is 0.273 e. The molecule has 0 saturated heterocycles.